The van der Waals surface area contributed by atoms with Crippen molar-refractivity contribution in [3.8, 4) is 5.75 Å². The van der Waals surface area contributed by atoms with Gasteiger partial charge < -0.3 is 19.0 Å². The van der Waals surface area contributed by atoms with Crippen molar-refractivity contribution in [3.05, 3.63) is 58.5 Å². The number of hydrogen-bond donors (Lipinski definition) is 1. The van der Waals surface area contributed by atoms with Crippen molar-refractivity contribution in [2.75, 3.05) is 7.05 Å². The number of ether oxygens (including phenoxy) is 1. The Kier molecular flexibility index (Phi) is 4.56. The second-order valence-corrected chi connectivity index (χ2v) is 6.01. The van der Waals surface area contributed by atoms with E-state index in [9.17, 15) is 9.59 Å². The molecule has 1 aromatic carbocycles. The molecule has 0 radical (unpaired) electrons. The molecule has 0 saturated carbocycles. The van der Waals surface area contributed by atoms with Crippen molar-refractivity contribution in [3.63, 3.8) is 0 Å². The van der Waals surface area contributed by atoms with Crippen LogP contribution in [-0.4, -0.2) is 33.9 Å². The number of fused-ring (bicyclic) bond motifs is 1. The highest BCUT2D eigenvalue weighted by Gasteiger charge is 2.19. The van der Waals surface area contributed by atoms with Gasteiger partial charge in [0.1, 0.15) is 22.7 Å². The van der Waals surface area contributed by atoms with E-state index in [-0.39, 0.29) is 18.2 Å². The molecule has 0 aliphatic carbocycles. The highest BCUT2D eigenvalue weighted by Crippen LogP contribution is 2.21. The Hall–Kier alpha value is -3.09. The molecule has 1 N–H and O–H groups in total. The van der Waals surface area contributed by atoms with Crippen LogP contribution in [0.3, 0.4) is 0 Å². The van der Waals surface area contributed by atoms with Crippen molar-refractivity contribution >= 4 is 16.9 Å². The number of carbonyl (C=O) groups is 1. The van der Waals surface area contributed by atoms with Gasteiger partial charge >= 0.3 is 5.63 Å². The van der Waals surface area contributed by atoms with Crippen molar-refractivity contribution in [1.29, 1.82) is 0 Å². The number of amides is 1. The topological polar surface area (TPSA) is 88.4 Å². The number of benzene rings is 1. The molecule has 0 bridgehead atoms. The second kappa shape index (κ2) is 6.80. The first-order chi connectivity index (χ1) is 11.9. The minimum atomic E-state index is -0.675. The number of nitrogens with one attached hydrogen (secondary N) is 1. The highest BCUT2D eigenvalue weighted by atomic mass is 16.5. The zero-order chi connectivity index (χ0) is 18.0. The van der Waals surface area contributed by atoms with E-state index < -0.39 is 11.5 Å². The molecule has 7 heteroatoms. The van der Waals surface area contributed by atoms with Gasteiger partial charge in [-0.15, -0.1) is 0 Å². The average Bonchev–Trinajstić information content (AvgIpc) is 3.05. The number of hydrogen-bond acceptors (Lipinski definition) is 5. The number of aromatic nitrogens is 2. The normalized spacial score (nSPS) is 11.0. The van der Waals surface area contributed by atoms with E-state index in [2.05, 4.69) is 9.97 Å². The summed E-state index contributed by atoms with van der Waals surface area (Å²) in [7, 11) is 1.61. The van der Waals surface area contributed by atoms with Gasteiger partial charge in [0.25, 0.3) is 5.91 Å². The van der Waals surface area contributed by atoms with E-state index in [0.717, 1.165) is 0 Å². The average molecular weight is 341 g/mol. The third-order valence-corrected chi connectivity index (χ3v) is 3.60. The molecule has 0 aliphatic heterocycles. The standard InChI is InChI=1S/C18H19N3O4/c1-11(2)24-13-5-4-12-8-14(18(23)25-15(12)9-13)17(22)21(3)10-16-19-6-7-20-16/h4-9,11H,10H2,1-3H3,(H,19,20). The molecule has 2 aromatic heterocycles. The van der Waals surface area contributed by atoms with E-state index in [1.807, 2.05) is 13.8 Å². The molecule has 130 valence electrons. The van der Waals surface area contributed by atoms with Gasteiger partial charge in [-0.1, -0.05) is 0 Å². The third kappa shape index (κ3) is 3.71. The van der Waals surface area contributed by atoms with Crippen molar-refractivity contribution in [2.24, 2.45) is 0 Å². The fourth-order valence-corrected chi connectivity index (χ4v) is 2.47. The van der Waals surface area contributed by atoms with Gasteiger partial charge in [-0.2, -0.15) is 0 Å². The van der Waals surface area contributed by atoms with Crippen molar-refractivity contribution in [1.82, 2.24) is 14.9 Å². The summed E-state index contributed by atoms with van der Waals surface area (Å²) in [6, 6.07) is 6.74. The summed E-state index contributed by atoms with van der Waals surface area (Å²) in [5.74, 6) is 0.825. The first-order valence-electron chi connectivity index (χ1n) is 7.92. The van der Waals surface area contributed by atoms with Crippen LogP contribution in [0, 0.1) is 0 Å². The van der Waals surface area contributed by atoms with Gasteiger partial charge in [-0.05, 0) is 32.0 Å². The van der Waals surface area contributed by atoms with Crippen LogP contribution in [0.2, 0.25) is 0 Å². The third-order valence-electron chi connectivity index (χ3n) is 3.60. The number of carbonyl (C=O) groups excluding carboxylic acids is 1. The number of H-pyrrole nitrogens is 1. The first-order valence-corrected chi connectivity index (χ1v) is 7.92. The van der Waals surface area contributed by atoms with Crippen LogP contribution in [0.25, 0.3) is 11.0 Å². The van der Waals surface area contributed by atoms with Crippen molar-refractivity contribution < 1.29 is 13.9 Å². The minimum Gasteiger partial charge on any atom is -0.491 e. The Morgan fingerprint density at radius 1 is 1.36 bits per heavy atom. The van der Waals surface area contributed by atoms with E-state index in [1.165, 1.54) is 4.90 Å². The maximum Gasteiger partial charge on any atom is 0.349 e. The number of aromatic amines is 1. The number of rotatable bonds is 5. The lowest BCUT2D eigenvalue weighted by Gasteiger charge is -2.15. The molecular formula is C18H19N3O4. The molecule has 3 rings (SSSR count). The predicted octanol–water partition coefficient (Wildman–Crippen LogP) is 2.58. The van der Waals surface area contributed by atoms with E-state index in [1.54, 1.807) is 43.7 Å². The minimum absolute atomic E-state index is 0.0141. The summed E-state index contributed by atoms with van der Waals surface area (Å²) in [4.78, 5) is 33.2. The molecule has 7 nitrogen and oxygen atoms in total. The lowest BCUT2D eigenvalue weighted by molar-refractivity contribution is 0.0778. The van der Waals surface area contributed by atoms with Crippen LogP contribution in [0.15, 0.2) is 45.9 Å². The van der Waals surface area contributed by atoms with E-state index >= 15 is 0 Å². The molecule has 0 unspecified atom stereocenters. The zero-order valence-electron chi connectivity index (χ0n) is 14.3. The summed E-state index contributed by atoms with van der Waals surface area (Å²) in [6.07, 6.45) is 3.30. The smallest absolute Gasteiger partial charge is 0.349 e. The fraction of sp³-hybridized carbons (Fsp3) is 0.278. The second-order valence-electron chi connectivity index (χ2n) is 6.01. The SMILES string of the molecule is CC(C)Oc1ccc2cc(C(=O)N(C)Cc3ncc[nH]3)c(=O)oc2c1. The van der Waals surface area contributed by atoms with Crippen LogP contribution in [-0.2, 0) is 6.54 Å². The van der Waals surface area contributed by atoms with Gasteiger partial charge in [0, 0.05) is 30.9 Å². The van der Waals surface area contributed by atoms with Gasteiger partial charge in [-0.3, -0.25) is 4.79 Å². The van der Waals surface area contributed by atoms with Gasteiger partial charge in [0.05, 0.1) is 12.6 Å². The molecule has 2 heterocycles. The molecule has 0 fully saturated rings. The quantitative estimate of drug-likeness (QED) is 0.721. The Morgan fingerprint density at radius 2 is 2.16 bits per heavy atom. The lowest BCUT2D eigenvalue weighted by Crippen LogP contribution is -2.30. The first kappa shape index (κ1) is 16.8. The maximum atomic E-state index is 12.5. The van der Waals surface area contributed by atoms with Crippen LogP contribution < -0.4 is 10.4 Å². The number of imidazole rings is 1. The fourth-order valence-electron chi connectivity index (χ4n) is 2.47. The molecule has 3 aromatic rings. The molecular weight excluding hydrogens is 322 g/mol. The molecule has 0 atom stereocenters. The Balaban J connectivity index is 1.90. The summed E-state index contributed by atoms with van der Waals surface area (Å²) in [5.41, 5.74) is -0.307. The molecule has 0 spiro atoms. The number of nitrogens with zero attached hydrogens (tertiary/aromatic N) is 2. The van der Waals surface area contributed by atoms with Crippen LogP contribution >= 0.6 is 0 Å². The Morgan fingerprint density at radius 3 is 2.84 bits per heavy atom. The Bertz CT molecular complexity index is 945. The lowest BCUT2D eigenvalue weighted by atomic mass is 10.1. The predicted molar refractivity (Wildman–Crippen MR) is 92.6 cm³/mol. The maximum absolute atomic E-state index is 12.5. The zero-order valence-corrected chi connectivity index (χ0v) is 14.3. The summed E-state index contributed by atoms with van der Waals surface area (Å²) >= 11 is 0. The monoisotopic (exact) mass is 341 g/mol. The summed E-state index contributed by atoms with van der Waals surface area (Å²) in [6.45, 7) is 4.10. The van der Waals surface area contributed by atoms with Crippen LogP contribution in [0.4, 0.5) is 0 Å². The largest absolute Gasteiger partial charge is 0.491 e. The Labute approximate surface area is 144 Å². The van der Waals surface area contributed by atoms with Crippen LogP contribution in [0.1, 0.15) is 30.0 Å². The van der Waals surface area contributed by atoms with Gasteiger partial charge in [0.2, 0.25) is 0 Å². The highest BCUT2D eigenvalue weighted by molar-refractivity contribution is 5.96. The van der Waals surface area contributed by atoms with Crippen molar-refractivity contribution in [2.45, 2.75) is 26.5 Å². The van der Waals surface area contributed by atoms with Crippen LogP contribution in [0.5, 0.6) is 5.75 Å². The van der Waals surface area contributed by atoms with Gasteiger partial charge in [0.15, 0.2) is 0 Å². The summed E-state index contributed by atoms with van der Waals surface area (Å²) in [5, 5.41) is 0.658. The van der Waals surface area contributed by atoms with Gasteiger partial charge in [-0.25, -0.2) is 9.78 Å². The molecule has 0 saturated heterocycles. The molecule has 0 aliphatic rings. The molecule has 1 amide bonds. The molecule has 25 heavy (non-hydrogen) atoms. The van der Waals surface area contributed by atoms with E-state index in [0.29, 0.717) is 22.5 Å². The summed E-state index contributed by atoms with van der Waals surface area (Å²) < 4.78 is 10.9. The van der Waals surface area contributed by atoms with E-state index in [4.69, 9.17) is 9.15 Å².